The molecule has 4 heteroatoms. The molecule has 28 heavy (non-hydrogen) atoms. The molecule has 4 aromatic rings. The Bertz CT molecular complexity index is 1260. The third-order valence-electron chi connectivity index (χ3n) is 5.85. The molecule has 0 saturated carbocycles. The van der Waals surface area contributed by atoms with Crippen LogP contribution >= 0.6 is 0 Å². The van der Waals surface area contributed by atoms with Crippen molar-refractivity contribution >= 4 is 38.9 Å². The molecule has 0 unspecified atom stereocenters. The van der Waals surface area contributed by atoms with E-state index in [1.165, 1.54) is 23.6 Å². The van der Waals surface area contributed by atoms with Gasteiger partial charge >= 0.3 is 5.97 Å². The van der Waals surface area contributed by atoms with Gasteiger partial charge in [-0.3, -0.25) is 0 Å². The molecule has 4 nitrogen and oxygen atoms in total. The highest BCUT2D eigenvalue weighted by molar-refractivity contribution is 6.28. The predicted molar refractivity (Wildman–Crippen MR) is 113 cm³/mol. The number of esters is 1. The monoisotopic (exact) mass is 370 g/mol. The summed E-state index contributed by atoms with van der Waals surface area (Å²) in [6, 6.07) is 14.5. The minimum Gasteiger partial charge on any atom is -0.465 e. The SMILES string of the molecule is COC(=O)C(=C(C)c1cn2c3c(cccc13)CCC2)c1c[nH]c2ccccc12. The summed E-state index contributed by atoms with van der Waals surface area (Å²) in [7, 11) is 1.44. The fourth-order valence-corrected chi connectivity index (χ4v) is 4.53. The summed E-state index contributed by atoms with van der Waals surface area (Å²) < 4.78 is 7.52. The third kappa shape index (κ3) is 2.41. The standard InChI is InChI=1S/C24H22N2O2/c1-15(20-14-26-12-6-8-16-7-5-10-18(20)23(16)26)22(24(27)28-2)19-13-25-21-11-4-3-9-17(19)21/h3-5,7,9-11,13-14,25H,6,8,12H2,1-2H3. The summed E-state index contributed by atoms with van der Waals surface area (Å²) in [6.07, 6.45) is 6.36. The van der Waals surface area contributed by atoms with Crippen LogP contribution in [0.25, 0.3) is 33.0 Å². The van der Waals surface area contributed by atoms with Crippen molar-refractivity contribution in [3.05, 3.63) is 71.5 Å². The number of hydrogen-bond acceptors (Lipinski definition) is 2. The van der Waals surface area contributed by atoms with Gasteiger partial charge in [-0.25, -0.2) is 4.79 Å². The molecular formula is C24H22N2O2. The number of aryl methyl sites for hydroxylation is 2. The number of nitrogens with zero attached hydrogens (tertiary/aromatic N) is 1. The fraction of sp³-hybridized carbons (Fsp3) is 0.208. The third-order valence-corrected chi connectivity index (χ3v) is 5.85. The second-order valence-corrected chi connectivity index (χ2v) is 7.39. The number of carbonyl (C=O) groups is 1. The van der Waals surface area contributed by atoms with Crippen molar-refractivity contribution in [1.82, 2.24) is 9.55 Å². The smallest absolute Gasteiger partial charge is 0.338 e. The number of para-hydroxylation sites is 2. The van der Waals surface area contributed by atoms with Crippen LogP contribution < -0.4 is 0 Å². The van der Waals surface area contributed by atoms with E-state index in [9.17, 15) is 4.79 Å². The summed E-state index contributed by atoms with van der Waals surface area (Å²) in [5.41, 5.74) is 7.23. The Morgan fingerprint density at radius 3 is 2.75 bits per heavy atom. The van der Waals surface area contributed by atoms with Crippen LogP contribution in [0.15, 0.2) is 54.9 Å². The Kier molecular flexibility index (Phi) is 3.86. The van der Waals surface area contributed by atoms with E-state index in [4.69, 9.17) is 4.74 Å². The van der Waals surface area contributed by atoms with Crippen molar-refractivity contribution in [2.75, 3.05) is 7.11 Å². The fourth-order valence-electron chi connectivity index (χ4n) is 4.53. The molecule has 0 radical (unpaired) electrons. The van der Waals surface area contributed by atoms with Crippen LogP contribution in [0.3, 0.4) is 0 Å². The molecule has 0 atom stereocenters. The zero-order chi connectivity index (χ0) is 19.3. The quantitative estimate of drug-likeness (QED) is 0.399. The predicted octanol–water partition coefficient (Wildman–Crippen LogP) is 5.17. The minimum atomic E-state index is -0.311. The highest BCUT2D eigenvalue weighted by Crippen LogP contribution is 2.37. The number of nitrogens with one attached hydrogen (secondary N) is 1. The number of aromatic nitrogens is 2. The van der Waals surface area contributed by atoms with Crippen molar-refractivity contribution < 1.29 is 9.53 Å². The average Bonchev–Trinajstić information content (AvgIpc) is 3.32. The maximum Gasteiger partial charge on any atom is 0.338 e. The lowest BCUT2D eigenvalue weighted by atomic mass is 9.94. The van der Waals surface area contributed by atoms with Gasteiger partial charge in [0, 0.05) is 46.4 Å². The first kappa shape index (κ1) is 16.9. The van der Waals surface area contributed by atoms with Crippen molar-refractivity contribution in [3.63, 3.8) is 0 Å². The van der Waals surface area contributed by atoms with E-state index in [2.05, 4.69) is 33.9 Å². The minimum absolute atomic E-state index is 0.311. The number of methoxy groups -OCH3 is 1. The number of allylic oxidation sites excluding steroid dienone is 1. The molecule has 0 saturated heterocycles. The molecule has 140 valence electrons. The van der Waals surface area contributed by atoms with Gasteiger partial charge in [-0.05, 0) is 37.0 Å². The Hall–Kier alpha value is -3.27. The molecule has 0 bridgehead atoms. The van der Waals surface area contributed by atoms with E-state index in [1.54, 1.807) is 0 Å². The van der Waals surface area contributed by atoms with Crippen molar-refractivity contribution in [2.24, 2.45) is 0 Å². The molecular weight excluding hydrogens is 348 g/mol. The number of aromatic amines is 1. The van der Waals surface area contributed by atoms with Gasteiger partial charge in [0.25, 0.3) is 0 Å². The van der Waals surface area contributed by atoms with E-state index >= 15 is 0 Å². The normalized spacial score (nSPS) is 14.4. The van der Waals surface area contributed by atoms with Gasteiger partial charge in [0.1, 0.15) is 0 Å². The summed E-state index contributed by atoms with van der Waals surface area (Å²) in [6.45, 7) is 3.04. The van der Waals surface area contributed by atoms with Crippen molar-refractivity contribution in [3.8, 4) is 0 Å². The first-order valence-electron chi connectivity index (χ1n) is 9.66. The molecule has 0 amide bonds. The van der Waals surface area contributed by atoms with Gasteiger partial charge in [0.05, 0.1) is 18.2 Å². The summed E-state index contributed by atoms with van der Waals surface area (Å²) in [4.78, 5) is 16.1. The number of carbonyl (C=O) groups excluding carboxylic acids is 1. The molecule has 3 heterocycles. The van der Waals surface area contributed by atoms with Crippen LogP contribution in [-0.4, -0.2) is 22.6 Å². The largest absolute Gasteiger partial charge is 0.465 e. The van der Waals surface area contributed by atoms with Gasteiger partial charge in [-0.2, -0.15) is 0 Å². The van der Waals surface area contributed by atoms with Gasteiger partial charge < -0.3 is 14.3 Å². The van der Waals surface area contributed by atoms with Crippen LogP contribution in [-0.2, 0) is 22.5 Å². The maximum atomic E-state index is 12.9. The molecule has 0 fully saturated rings. The van der Waals surface area contributed by atoms with Gasteiger partial charge in [-0.1, -0.05) is 36.4 Å². The van der Waals surface area contributed by atoms with Crippen LogP contribution in [0.5, 0.6) is 0 Å². The lowest BCUT2D eigenvalue weighted by Crippen LogP contribution is -2.06. The van der Waals surface area contributed by atoms with E-state index < -0.39 is 0 Å². The van der Waals surface area contributed by atoms with E-state index in [1.807, 2.05) is 37.4 Å². The number of benzene rings is 2. The Balaban J connectivity index is 1.81. The lowest BCUT2D eigenvalue weighted by Gasteiger charge is -2.14. The number of H-pyrrole nitrogens is 1. The lowest BCUT2D eigenvalue weighted by molar-refractivity contribution is -0.133. The van der Waals surface area contributed by atoms with Gasteiger partial charge in [0.2, 0.25) is 0 Å². The van der Waals surface area contributed by atoms with Gasteiger partial charge in [0.15, 0.2) is 0 Å². The number of fused-ring (bicyclic) bond motifs is 1. The molecule has 1 aliphatic heterocycles. The summed E-state index contributed by atoms with van der Waals surface area (Å²) >= 11 is 0. The first-order chi connectivity index (χ1) is 13.7. The van der Waals surface area contributed by atoms with Crippen LogP contribution in [0.1, 0.15) is 30.0 Å². The topological polar surface area (TPSA) is 47.0 Å². The van der Waals surface area contributed by atoms with Crippen molar-refractivity contribution in [2.45, 2.75) is 26.3 Å². The maximum absolute atomic E-state index is 12.9. The first-order valence-corrected chi connectivity index (χ1v) is 9.66. The highest BCUT2D eigenvalue weighted by atomic mass is 16.5. The number of rotatable bonds is 3. The van der Waals surface area contributed by atoms with E-state index in [0.717, 1.165) is 47.0 Å². The number of hydrogen-bond donors (Lipinski definition) is 1. The second kappa shape index (κ2) is 6.41. The molecule has 1 N–H and O–H groups in total. The zero-order valence-electron chi connectivity index (χ0n) is 16.1. The van der Waals surface area contributed by atoms with Crippen LogP contribution in [0, 0.1) is 0 Å². The molecule has 1 aliphatic rings. The van der Waals surface area contributed by atoms with Crippen LogP contribution in [0.4, 0.5) is 0 Å². The number of ether oxygens (including phenoxy) is 1. The molecule has 0 spiro atoms. The zero-order valence-corrected chi connectivity index (χ0v) is 16.1. The highest BCUT2D eigenvalue weighted by Gasteiger charge is 2.23. The molecule has 2 aromatic carbocycles. The summed E-state index contributed by atoms with van der Waals surface area (Å²) in [5.74, 6) is -0.311. The van der Waals surface area contributed by atoms with Crippen molar-refractivity contribution in [1.29, 1.82) is 0 Å². The molecule has 5 rings (SSSR count). The summed E-state index contributed by atoms with van der Waals surface area (Å²) in [5, 5.41) is 2.23. The Labute approximate surface area is 163 Å². The van der Waals surface area contributed by atoms with Crippen LogP contribution in [0.2, 0.25) is 0 Å². The Morgan fingerprint density at radius 1 is 1.07 bits per heavy atom. The van der Waals surface area contributed by atoms with E-state index in [0.29, 0.717) is 5.57 Å². The average molecular weight is 370 g/mol. The Morgan fingerprint density at radius 2 is 1.89 bits per heavy atom. The molecule has 0 aliphatic carbocycles. The van der Waals surface area contributed by atoms with E-state index in [-0.39, 0.29) is 5.97 Å². The van der Waals surface area contributed by atoms with Gasteiger partial charge in [-0.15, -0.1) is 0 Å². The second-order valence-electron chi connectivity index (χ2n) is 7.39. The molecule has 2 aromatic heterocycles.